The van der Waals surface area contributed by atoms with Crippen LogP contribution in [0.2, 0.25) is 0 Å². The van der Waals surface area contributed by atoms with E-state index in [0.29, 0.717) is 41.2 Å². The summed E-state index contributed by atoms with van der Waals surface area (Å²) in [6.45, 7) is 5.36. The second-order valence-corrected chi connectivity index (χ2v) is 9.75. The van der Waals surface area contributed by atoms with Crippen molar-refractivity contribution in [3.63, 3.8) is 0 Å². The van der Waals surface area contributed by atoms with Gasteiger partial charge in [0.25, 0.3) is 5.89 Å². The Hall–Kier alpha value is -2.77. The first-order valence-corrected chi connectivity index (χ1v) is 11.5. The molecule has 6 nitrogen and oxygen atoms in total. The lowest BCUT2D eigenvalue weighted by Crippen LogP contribution is -2.37. The summed E-state index contributed by atoms with van der Waals surface area (Å²) in [4.78, 5) is 4.67. The van der Waals surface area contributed by atoms with Crippen LogP contribution < -0.4 is 0 Å². The van der Waals surface area contributed by atoms with Crippen molar-refractivity contribution in [3.05, 3.63) is 65.5 Å². The number of aromatic nitrogens is 2. The molecule has 1 saturated heterocycles. The van der Waals surface area contributed by atoms with Gasteiger partial charge in [-0.15, -0.1) is 0 Å². The molecule has 0 unspecified atom stereocenters. The Kier molecular flexibility index (Phi) is 5.83. The van der Waals surface area contributed by atoms with Crippen molar-refractivity contribution in [1.82, 2.24) is 14.4 Å². The van der Waals surface area contributed by atoms with Crippen LogP contribution >= 0.6 is 0 Å². The number of nitrogens with zero attached hydrogens (tertiary/aromatic N) is 3. The summed E-state index contributed by atoms with van der Waals surface area (Å²) in [5.74, 6) is 1.39. The standard InChI is InChI=1S/C23H25N3O3S/c1-17-3-5-19(6-4-17)7-12-22-24-23(25-29-22)20-8-10-21(11-9-20)30(27,28)26-15-13-18(2)14-16-26/h3-12,18H,13-16H2,1-2H3. The molecule has 1 aliphatic rings. The minimum Gasteiger partial charge on any atom is -0.334 e. The molecule has 0 radical (unpaired) electrons. The SMILES string of the molecule is Cc1ccc(C=Cc2nc(-c3ccc(S(=O)(=O)N4CCC(C)CC4)cc3)no2)cc1. The van der Waals surface area contributed by atoms with E-state index < -0.39 is 10.0 Å². The van der Waals surface area contributed by atoms with E-state index in [1.807, 2.05) is 37.3 Å². The molecule has 156 valence electrons. The highest BCUT2D eigenvalue weighted by molar-refractivity contribution is 7.89. The Morgan fingerprint density at radius 3 is 2.33 bits per heavy atom. The predicted molar refractivity (Wildman–Crippen MR) is 117 cm³/mol. The summed E-state index contributed by atoms with van der Waals surface area (Å²) in [5.41, 5.74) is 2.95. The summed E-state index contributed by atoms with van der Waals surface area (Å²) in [6, 6.07) is 14.8. The molecule has 2 aromatic carbocycles. The lowest BCUT2D eigenvalue weighted by atomic mass is 10.0. The molecule has 0 aliphatic carbocycles. The van der Waals surface area contributed by atoms with Crippen LogP contribution in [0.1, 0.15) is 36.8 Å². The lowest BCUT2D eigenvalue weighted by molar-refractivity contribution is 0.288. The zero-order valence-electron chi connectivity index (χ0n) is 17.2. The summed E-state index contributed by atoms with van der Waals surface area (Å²) in [5, 5.41) is 4.01. The van der Waals surface area contributed by atoms with Gasteiger partial charge in [0.2, 0.25) is 15.8 Å². The molecular formula is C23H25N3O3S. The third kappa shape index (κ3) is 4.52. The molecule has 2 heterocycles. The molecule has 1 aliphatic heterocycles. The number of sulfonamides is 1. The van der Waals surface area contributed by atoms with Gasteiger partial charge in [-0.1, -0.05) is 41.9 Å². The van der Waals surface area contributed by atoms with Gasteiger partial charge in [-0.05, 0) is 61.6 Å². The summed E-state index contributed by atoms with van der Waals surface area (Å²) in [6.07, 6.45) is 5.47. The fourth-order valence-corrected chi connectivity index (χ4v) is 4.89. The molecule has 7 heteroatoms. The molecule has 30 heavy (non-hydrogen) atoms. The Balaban J connectivity index is 1.47. The van der Waals surface area contributed by atoms with E-state index in [-0.39, 0.29) is 0 Å². The van der Waals surface area contributed by atoms with Crippen molar-refractivity contribution in [2.45, 2.75) is 31.6 Å². The molecule has 3 aromatic rings. The first-order valence-electron chi connectivity index (χ1n) is 10.1. The Labute approximate surface area is 177 Å². The number of piperidine rings is 1. The van der Waals surface area contributed by atoms with Gasteiger partial charge in [0, 0.05) is 24.7 Å². The van der Waals surface area contributed by atoms with Crippen molar-refractivity contribution in [1.29, 1.82) is 0 Å². The lowest BCUT2D eigenvalue weighted by Gasteiger charge is -2.29. The minimum atomic E-state index is -3.46. The molecule has 0 saturated carbocycles. The maximum atomic E-state index is 12.9. The number of aryl methyl sites for hydroxylation is 1. The second kappa shape index (κ2) is 8.53. The fourth-order valence-electron chi connectivity index (χ4n) is 3.42. The second-order valence-electron chi connectivity index (χ2n) is 7.81. The molecule has 0 spiro atoms. The topological polar surface area (TPSA) is 76.3 Å². The maximum absolute atomic E-state index is 12.9. The van der Waals surface area contributed by atoms with Crippen LogP contribution in [-0.4, -0.2) is 36.0 Å². The van der Waals surface area contributed by atoms with Gasteiger partial charge in [0.15, 0.2) is 0 Å². The first-order chi connectivity index (χ1) is 14.4. The van der Waals surface area contributed by atoms with Crippen molar-refractivity contribution in [2.75, 3.05) is 13.1 Å². The molecule has 0 amide bonds. The van der Waals surface area contributed by atoms with E-state index in [4.69, 9.17) is 4.52 Å². The van der Waals surface area contributed by atoms with E-state index in [2.05, 4.69) is 17.1 Å². The van der Waals surface area contributed by atoms with Gasteiger partial charge in [-0.25, -0.2) is 8.42 Å². The van der Waals surface area contributed by atoms with Crippen LogP contribution in [0.5, 0.6) is 0 Å². The highest BCUT2D eigenvalue weighted by atomic mass is 32.2. The average molecular weight is 424 g/mol. The minimum absolute atomic E-state index is 0.295. The highest BCUT2D eigenvalue weighted by Crippen LogP contribution is 2.25. The summed E-state index contributed by atoms with van der Waals surface area (Å²) >= 11 is 0. The third-order valence-electron chi connectivity index (χ3n) is 5.43. The largest absolute Gasteiger partial charge is 0.334 e. The molecular weight excluding hydrogens is 398 g/mol. The average Bonchev–Trinajstić information content (AvgIpc) is 3.23. The number of rotatable bonds is 5. The predicted octanol–water partition coefficient (Wildman–Crippen LogP) is 4.64. The zero-order chi connectivity index (χ0) is 21.1. The van der Waals surface area contributed by atoms with E-state index in [0.717, 1.165) is 18.4 Å². The number of hydrogen-bond donors (Lipinski definition) is 0. The van der Waals surface area contributed by atoms with Crippen LogP contribution in [0, 0.1) is 12.8 Å². The van der Waals surface area contributed by atoms with Gasteiger partial charge in [0.05, 0.1) is 4.90 Å². The van der Waals surface area contributed by atoms with Gasteiger partial charge in [0.1, 0.15) is 0 Å². The summed E-state index contributed by atoms with van der Waals surface area (Å²) < 4.78 is 32.6. The monoisotopic (exact) mass is 423 g/mol. The van der Waals surface area contributed by atoms with Crippen LogP contribution in [0.3, 0.4) is 0 Å². The zero-order valence-corrected chi connectivity index (χ0v) is 18.0. The van der Waals surface area contributed by atoms with Crippen LogP contribution in [-0.2, 0) is 10.0 Å². The molecule has 4 rings (SSSR count). The van der Waals surface area contributed by atoms with Crippen LogP contribution in [0.25, 0.3) is 23.5 Å². The van der Waals surface area contributed by atoms with Crippen LogP contribution in [0.4, 0.5) is 0 Å². The Morgan fingerprint density at radius 1 is 1.00 bits per heavy atom. The van der Waals surface area contributed by atoms with Crippen molar-refractivity contribution in [3.8, 4) is 11.4 Å². The van der Waals surface area contributed by atoms with E-state index in [1.54, 1.807) is 34.6 Å². The summed E-state index contributed by atoms with van der Waals surface area (Å²) in [7, 11) is -3.46. The highest BCUT2D eigenvalue weighted by Gasteiger charge is 2.28. The maximum Gasteiger partial charge on any atom is 0.250 e. The van der Waals surface area contributed by atoms with E-state index in [1.165, 1.54) is 5.56 Å². The smallest absolute Gasteiger partial charge is 0.250 e. The van der Waals surface area contributed by atoms with Gasteiger partial charge in [-0.3, -0.25) is 0 Å². The molecule has 1 fully saturated rings. The van der Waals surface area contributed by atoms with E-state index in [9.17, 15) is 8.42 Å². The van der Waals surface area contributed by atoms with Gasteiger partial charge in [-0.2, -0.15) is 9.29 Å². The molecule has 0 bridgehead atoms. The number of benzene rings is 2. The molecule has 0 N–H and O–H groups in total. The van der Waals surface area contributed by atoms with Crippen molar-refractivity contribution < 1.29 is 12.9 Å². The van der Waals surface area contributed by atoms with E-state index >= 15 is 0 Å². The fraction of sp³-hybridized carbons (Fsp3) is 0.304. The van der Waals surface area contributed by atoms with Crippen molar-refractivity contribution >= 4 is 22.2 Å². The number of hydrogen-bond acceptors (Lipinski definition) is 5. The Bertz CT molecular complexity index is 1130. The Morgan fingerprint density at radius 2 is 1.67 bits per heavy atom. The van der Waals surface area contributed by atoms with Crippen molar-refractivity contribution in [2.24, 2.45) is 5.92 Å². The van der Waals surface area contributed by atoms with Crippen LogP contribution in [0.15, 0.2) is 57.9 Å². The molecule has 0 atom stereocenters. The van der Waals surface area contributed by atoms with Gasteiger partial charge >= 0.3 is 0 Å². The first kappa shape index (κ1) is 20.5. The quantitative estimate of drug-likeness (QED) is 0.598. The normalized spacial score (nSPS) is 16.3. The van der Waals surface area contributed by atoms with Gasteiger partial charge < -0.3 is 4.52 Å². The molecule has 1 aromatic heterocycles. The third-order valence-corrected chi connectivity index (χ3v) is 7.34.